The fourth-order valence-electron chi connectivity index (χ4n) is 4.30. The number of aromatic nitrogens is 2. The van der Waals surface area contributed by atoms with E-state index in [2.05, 4.69) is 11.9 Å². The lowest BCUT2D eigenvalue weighted by Gasteiger charge is -2.33. The largest absolute Gasteiger partial charge is 0.483 e. The van der Waals surface area contributed by atoms with E-state index in [1.807, 2.05) is 30.2 Å². The first kappa shape index (κ1) is 23.3. The highest BCUT2D eigenvalue weighted by Gasteiger charge is 2.27. The summed E-state index contributed by atoms with van der Waals surface area (Å²) in [6.45, 7) is 6.28. The minimum absolute atomic E-state index is 0.00346. The molecule has 0 spiro atoms. The molecule has 3 heterocycles. The minimum atomic E-state index is 0.00346. The van der Waals surface area contributed by atoms with E-state index in [0.29, 0.717) is 23.4 Å². The van der Waals surface area contributed by atoms with Gasteiger partial charge in [0.05, 0.1) is 11.8 Å². The van der Waals surface area contributed by atoms with Gasteiger partial charge in [0.15, 0.2) is 11.8 Å². The zero-order valence-corrected chi connectivity index (χ0v) is 20.3. The second-order valence-corrected chi connectivity index (χ2v) is 9.97. The molecule has 1 amide bonds. The third kappa shape index (κ3) is 5.94. The minimum Gasteiger partial charge on any atom is -0.483 e. The van der Waals surface area contributed by atoms with Gasteiger partial charge in [0, 0.05) is 42.6 Å². The molecular weight excluding hydrogens is 446 g/mol. The Hall–Kier alpha value is -1.83. The fourth-order valence-corrected chi connectivity index (χ4v) is 5.41. The van der Waals surface area contributed by atoms with Crippen molar-refractivity contribution in [1.82, 2.24) is 14.9 Å². The van der Waals surface area contributed by atoms with Crippen LogP contribution in [0.1, 0.15) is 48.4 Å². The summed E-state index contributed by atoms with van der Waals surface area (Å²) in [5, 5.41) is 1.46. The molecule has 172 valence electrons. The number of ether oxygens (including phenoxy) is 2. The van der Waals surface area contributed by atoms with Gasteiger partial charge in [-0.3, -0.25) is 4.79 Å². The third-order valence-electron chi connectivity index (χ3n) is 6.06. The Kier molecular flexibility index (Phi) is 7.92. The number of thioether (sulfide) groups is 1. The molecule has 2 aliphatic heterocycles. The summed E-state index contributed by atoms with van der Waals surface area (Å²) in [6.07, 6.45) is 6.45. The number of piperidine rings is 1. The molecule has 1 aromatic heterocycles. The van der Waals surface area contributed by atoms with E-state index in [9.17, 15) is 4.79 Å². The van der Waals surface area contributed by atoms with Crippen LogP contribution in [-0.2, 0) is 9.53 Å². The van der Waals surface area contributed by atoms with E-state index >= 15 is 0 Å². The van der Waals surface area contributed by atoms with Crippen LogP contribution < -0.4 is 4.74 Å². The highest BCUT2D eigenvalue weighted by Crippen LogP contribution is 2.30. The highest BCUT2D eigenvalue weighted by atomic mass is 35.5. The van der Waals surface area contributed by atoms with Crippen LogP contribution in [0, 0.1) is 13.8 Å². The number of carbonyl (C=O) groups excluding carboxylic acids is 1. The van der Waals surface area contributed by atoms with Gasteiger partial charge >= 0.3 is 0 Å². The van der Waals surface area contributed by atoms with Gasteiger partial charge in [-0.2, -0.15) is 0 Å². The summed E-state index contributed by atoms with van der Waals surface area (Å²) in [5.41, 5.74) is 3.06. The van der Waals surface area contributed by atoms with Crippen LogP contribution in [0.4, 0.5) is 0 Å². The SMILES string of the molecule is Cc1cc(Cl)ccc1OCC(=O)N1CCCC(c2nc(SCC3CCCO3)ncc2C)C1. The van der Waals surface area contributed by atoms with E-state index in [0.717, 1.165) is 66.6 Å². The van der Waals surface area contributed by atoms with Crippen molar-refractivity contribution in [1.29, 1.82) is 0 Å². The van der Waals surface area contributed by atoms with E-state index in [4.69, 9.17) is 26.1 Å². The molecule has 1 aromatic carbocycles. The molecule has 8 heteroatoms. The Bertz CT molecular complexity index is 952. The maximum absolute atomic E-state index is 12.9. The number of carbonyl (C=O) groups is 1. The van der Waals surface area contributed by atoms with E-state index in [1.165, 1.54) is 0 Å². The molecule has 0 radical (unpaired) electrons. The molecule has 2 atom stereocenters. The van der Waals surface area contributed by atoms with Gasteiger partial charge in [0.1, 0.15) is 5.75 Å². The van der Waals surface area contributed by atoms with Crippen LogP contribution in [0.2, 0.25) is 5.02 Å². The Morgan fingerprint density at radius 1 is 1.28 bits per heavy atom. The first-order valence-electron chi connectivity index (χ1n) is 11.2. The lowest BCUT2D eigenvalue weighted by molar-refractivity contribution is -0.134. The van der Waals surface area contributed by atoms with Crippen molar-refractivity contribution in [3.8, 4) is 5.75 Å². The number of nitrogens with zero attached hydrogens (tertiary/aromatic N) is 3. The summed E-state index contributed by atoms with van der Waals surface area (Å²) in [6, 6.07) is 5.42. The Balaban J connectivity index is 1.36. The summed E-state index contributed by atoms with van der Waals surface area (Å²) in [4.78, 5) is 24.1. The number of halogens is 1. The predicted molar refractivity (Wildman–Crippen MR) is 127 cm³/mol. The standard InChI is InChI=1S/C24H30ClN3O3S/c1-16-11-19(25)7-8-21(16)31-14-22(29)28-9-3-5-18(13-28)23-17(2)12-26-24(27-23)32-15-20-6-4-10-30-20/h7-8,11-12,18,20H,3-6,9-10,13-15H2,1-2H3. The van der Waals surface area contributed by atoms with Crippen molar-refractivity contribution in [2.75, 3.05) is 32.1 Å². The number of rotatable bonds is 7. The van der Waals surface area contributed by atoms with Crippen molar-refractivity contribution < 1.29 is 14.3 Å². The molecule has 0 aliphatic carbocycles. The van der Waals surface area contributed by atoms with Gasteiger partial charge in [0.2, 0.25) is 0 Å². The molecule has 2 fully saturated rings. The number of aryl methyl sites for hydroxylation is 2. The predicted octanol–water partition coefficient (Wildman–Crippen LogP) is 4.80. The van der Waals surface area contributed by atoms with Gasteiger partial charge in [-0.05, 0) is 68.9 Å². The van der Waals surface area contributed by atoms with Crippen LogP contribution in [0.15, 0.2) is 29.6 Å². The zero-order chi connectivity index (χ0) is 22.5. The van der Waals surface area contributed by atoms with Crippen LogP contribution in [0.25, 0.3) is 0 Å². The van der Waals surface area contributed by atoms with Crippen LogP contribution in [0.5, 0.6) is 5.75 Å². The summed E-state index contributed by atoms with van der Waals surface area (Å²) < 4.78 is 11.5. The first-order valence-corrected chi connectivity index (χ1v) is 12.6. The third-order valence-corrected chi connectivity index (χ3v) is 7.29. The van der Waals surface area contributed by atoms with Crippen LogP contribution in [0.3, 0.4) is 0 Å². The van der Waals surface area contributed by atoms with E-state index in [1.54, 1.807) is 17.8 Å². The summed E-state index contributed by atoms with van der Waals surface area (Å²) in [5.74, 6) is 1.80. The number of benzene rings is 1. The van der Waals surface area contributed by atoms with Gasteiger partial charge in [-0.15, -0.1) is 0 Å². The number of hydrogen-bond acceptors (Lipinski definition) is 6. The van der Waals surface area contributed by atoms with Crippen molar-refractivity contribution in [2.45, 2.75) is 56.7 Å². The Morgan fingerprint density at radius 2 is 2.16 bits per heavy atom. The fraction of sp³-hybridized carbons (Fsp3) is 0.542. The zero-order valence-electron chi connectivity index (χ0n) is 18.7. The Morgan fingerprint density at radius 3 is 2.94 bits per heavy atom. The summed E-state index contributed by atoms with van der Waals surface area (Å²) >= 11 is 7.67. The normalized spacial score (nSPS) is 21.0. The molecule has 0 saturated carbocycles. The molecular formula is C24H30ClN3O3S. The van der Waals surface area contributed by atoms with Crippen molar-refractivity contribution in [3.63, 3.8) is 0 Å². The second-order valence-electron chi connectivity index (χ2n) is 8.54. The van der Waals surface area contributed by atoms with Crippen molar-refractivity contribution in [2.24, 2.45) is 0 Å². The molecule has 2 unspecified atom stereocenters. The van der Waals surface area contributed by atoms with E-state index in [-0.39, 0.29) is 18.4 Å². The van der Waals surface area contributed by atoms with Gasteiger partial charge in [-0.25, -0.2) is 9.97 Å². The molecule has 0 N–H and O–H groups in total. The number of likely N-dealkylation sites (tertiary alicyclic amines) is 1. The Labute approximate surface area is 199 Å². The molecule has 6 nitrogen and oxygen atoms in total. The lowest BCUT2D eigenvalue weighted by Crippen LogP contribution is -2.42. The van der Waals surface area contributed by atoms with Gasteiger partial charge < -0.3 is 14.4 Å². The topological polar surface area (TPSA) is 64.5 Å². The lowest BCUT2D eigenvalue weighted by atomic mass is 9.92. The smallest absolute Gasteiger partial charge is 0.260 e. The second kappa shape index (κ2) is 10.9. The number of amides is 1. The van der Waals surface area contributed by atoms with Crippen LogP contribution >= 0.6 is 23.4 Å². The molecule has 2 aliphatic rings. The average Bonchev–Trinajstić information content (AvgIpc) is 3.31. The van der Waals surface area contributed by atoms with Crippen molar-refractivity contribution >= 4 is 29.3 Å². The molecule has 0 bridgehead atoms. The van der Waals surface area contributed by atoms with Gasteiger partial charge in [-0.1, -0.05) is 23.4 Å². The summed E-state index contributed by atoms with van der Waals surface area (Å²) in [7, 11) is 0. The molecule has 4 rings (SSSR count). The maximum atomic E-state index is 12.9. The van der Waals surface area contributed by atoms with E-state index < -0.39 is 0 Å². The molecule has 2 saturated heterocycles. The maximum Gasteiger partial charge on any atom is 0.260 e. The van der Waals surface area contributed by atoms with Crippen LogP contribution in [-0.4, -0.2) is 58.9 Å². The molecule has 2 aromatic rings. The first-order chi connectivity index (χ1) is 15.5. The average molecular weight is 476 g/mol. The monoisotopic (exact) mass is 475 g/mol. The number of hydrogen-bond donors (Lipinski definition) is 0. The molecule has 32 heavy (non-hydrogen) atoms. The highest BCUT2D eigenvalue weighted by molar-refractivity contribution is 7.99. The van der Waals surface area contributed by atoms with Crippen molar-refractivity contribution in [3.05, 3.63) is 46.2 Å². The van der Waals surface area contributed by atoms with Gasteiger partial charge in [0.25, 0.3) is 5.91 Å². The quantitative estimate of drug-likeness (QED) is 0.423.